The largest absolute Gasteiger partial charge is 0.486 e. The maximum atomic E-state index is 12.5. The number of anilines is 1. The third kappa shape index (κ3) is 2.22. The van der Waals surface area contributed by atoms with Crippen molar-refractivity contribution >= 4 is 32.7 Å². The van der Waals surface area contributed by atoms with Gasteiger partial charge >= 0.3 is 12.3 Å². The van der Waals surface area contributed by atoms with E-state index in [-0.39, 0.29) is 18.1 Å². The zero-order chi connectivity index (χ0) is 17.0. The Morgan fingerprint density at radius 2 is 2.24 bits per heavy atom. The third-order valence-corrected chi connectivity index (χ3v) is 5.66. The number of nitrogens with zero attached hydrogens (tertiary/aromatic N) is 3. The molecule has 0 aliphatic carbocycles. The molecule has 2 saturated heterocycles. The average Bonchev–Trinajstić information content (AvgIpc) is 3.20. The predicted molar refractivity (Wildman–Crippen MR) is 90.2 cm³/mol. The Morgan fingerprint density at radius 1 is 1.36 bits per heavy atom. The molecule has 0 radical (unpaired) electrons. The van der Waals surface area contributed by atoms with E-state index >= 15 is 0 Å². The summed E-state index contributed by atoms with van der Waals surface area (Å²) in [5, 5.41) is 3.53. The molecule has 3 aliphatic heterocycles. The Bertz CT molecular complexity index is 907. The Balaban J connectivity index is 1.56. The van der Waals surface area contributed by atoms with E-state index in [4.69, 9.17) is 20.8 Å². The van der Waals surface area contributed by atoms with Gasteiger partial charge < -0.3 is 19.5 Å². The predicted octanol–water partition coefficient (Wildman–Crippen LogP) is 2.00. The van der Waals surface area contributed by atoms with E-state index < -0.39 is 6.23 Å². The number of aromatic nitrogens is 1. The second kappa shape index (κ2) is 5.47. The van der Waals surface area contributed by atoms with Gasteiger partial charge in [-0.25, -0.2) is 16.4 Å². The van der Waals surface area contributed by atoms with Crippen LogP contribution >= 0.6 is 11.3 Å². The highest BCUT2D eigenvalue weighted by Gasteiger charge is 2.47. The van der Waals surface area contributed by atoms with Gasteiger partial charge in [0.25, 0.3) is 0 Å². The monoisotopic (exact) mass is 358 g/mol. The van der Waals surface area contributed by atoms with Crippen molar-refractivity contribution in [2.24, 2.45) is 0 Å². The van der Waals surface area contributed by atoms with Gasteiger partial charge in [0.1, 0.15) is 18.7 Å². The van der Waals surface area contributed by atoms with Crippen LogP contribution in [0.3, 0.4) is 0 Å². The molecule has 3 aliphatic rings. The number of hydrogen-bond donors (Lipinski definition) is 1. The minimum Gasteiger partial charge on any atom is -0.486 e. The van der Waals surface area contributed by atoms with Gasteiger partial charge in [-0.15, -0.1) is 0 Å². The lowest BCUT2D eigenvalue weighted by atomic mass is 10.0. The molecular weight excluding hydrogens is 344 g/mol. The molecule has 2 aromatic rings. The summed E-state index contributed by atoms with van der Waals surface area (Å²) in [6, 6.07) is 3.35. The molecule has 0 spiro atoms. The fraction of sp³-hybridized carbons (Fsp3) is 0.438. The second-order valence-corrected chi connectivity index (χ2v) is 7.09. The molecule has 25 heavy (non-hydrogen) atoms. The van der Waals surface area contributed by atoms with Gasteiger partial charge in [0.15, 0.2) is 16.6 Å². The molecule has 3 atom stereocenters. The summed E-state index contributed by atoms with van der Waals surface area (Å²) >= 11 is 1.44. The Labute approximate surface area is 147 Å². The molecule has 5 rings (SSSR count). The summed E-state index contributed by atoms with van der Waals surface area (Å²) in [5.74, 6) is 1.31. The number of carbonyl (C=O) groups is 1. The fourth-order valence-electron chi connectivity index (χ4n) is 3.48. The molecule has 4 heterocycles. The molecule has 1 N–H and O–H groups in total. The molecule has 0 bridgehead atoms. The average molecular weight is 358 g/mol. The SMILES string of the molecule is [C-]#[N+][C@H]1C[C@@H]2[C@H](CO1)NC(=O)N2c1nc2c3c(ccc2s1)OCCO3. The number of hydrogen-bond acceptors (Lipinski definition) is 6. The number of ether oxygens (including phenoxy) is 3. The van der Waals surface area contributed by atoms with Crippen molar-refractivity contribution in [3.63, 3.8) is 0 Å². The van der Waals surface area contributed by atoms with Gasteiger partial charge in [-0.1, -0.05) is 11.3 Å². The standard InChI is InChI=1S/C16H14N4O4S/c1-17-12-6-9-8(7-24-12)18-15(21)20(9)16-19-13-11(25-16)3-2-10-14(13)23-5-4-22-10/h2-3,8-9,12H,4-7H2,(H,18,21)/t8-,9+,12+/m0/s1. The van der Waals surface area contributed by atoms with E-state index in [0.29, 0.717) is 48.4 Å². The number of carbonyl (C=O) groups excluding carboxylic acids is 1. The number of rotatable bonds is 1. The zero-order valence-corrected chi connectivity index (χ0v) is 13.9. The Morgan fingerprint density at radius 3 is 3.12 bits per heavy atom. The molecule has 0 saturated carbocycles. The first-order valence-electron chi connectivity index (χ1n) is 8.01. The number of amides is 2. The summed E-state index contributed by atoms with van der Waals surface area (Å²) < 4.78 is 17.7. The number of thiazole rings is 1. The number of urea groups is 1. The lowest BCUT2D eigenvalue weighted by molar-refractivity contribution is 0.0241. The minimum atomic E-state index is -0.518. The molecule has 2 amide bonds. The molecule has 1 aromatic carbocycles. The highest BCUT2D eigenvalue weighted by atomic mass is 32.1. The van der Waals surface area contributed by atoms with Gasteiger partial charge in [-0.05, 0) is 12.1 Å². The number of fused-ring (bicyclic) bond motifs is 4. The smallest absolute Gasteiger partial charge is 0.329 e. The van der Waals surface area contributed by atoms with Crippen LogP contribution in [0.2, 0.25) is 0 Å². The van der Waals surface area contributed by atoms with Crippen molar-refractivity contribution in [2.45, 2.75) is 24.7 Å². The van der Waals surface area contributed by atoms with Crippen LogP contribution in [-0.2, 0) is 4.74 Å². The number of nitrogens with one attached hydrogen (secondary N) is 1. The Hall–Kier alpha value is -2.57. The third-order valence-electron chi connectivity index (χ3n) is 4.64. The highest BCUT2D eigenvalue weighted by Crippen LogP contribution is 2.43. The summed E-state index contributed by atoms with van der Waals surface area (Å²) in [6.45, 7) is 8.54. The molecule has 2 fully saturated rings. The fourth-order valence-corrected chi connectivity index (χ4v) is 4.50. The van der Waals surface area contributed by atoms with E-state index in [0.717, 1.165) is 4.70 Å². The first-order chi connectivity index (χ1) is 12.2. The van der Waals surface area contributed by atoms with Crippen molar-refractivity contribution in [1.29, 1.82) is 0 Å². The summed E-state index contributed by atoms with van der Waals surface area (Å²) in [6.07, 6.45) is -0.0455. The van der Waals surface area contributed by atoms with Crippen molar-refractivity contribution in [3.8, 4) is 11.5 Å². The van der Waals surface area contributed by atoms with Gasteiger partial charge in [0.2, 0.25) is 0 Å². The number of benzene rings is 1. The lowest BCUT2D eigenvalue weighted by Crippen LogP contribution is -2.46. The summed E-state index contributed by atoms with van der Waals surface area (Å²) in [4.78, 5) is 22.3. The van der Waals surface area contributed by atoms with Gasteiger partial charge in [-0.3, -0.25) is 9.74 Å². The van der Waals surface area contributed by atoms with Crippen molar-refractivity contribution in [3.05, 3.63) is 23.5 Å². The van der Waals surface area contributed by atoms with E-state index in [2.05, 4.69) is 15.1 Å². The zero-order valence-electron chi connectivity index (χ0n) is 13.1. The van der Waals surface area contributed by atoms with Crippen LogP contribution in [0.25, 0.3) is 15.1 Å². The van der Waals surface area contributed by atoms with Crippen LogP contribution in [-0.4, -0.2) is 49.1 Å². The molecule has 9 heteroatoms. The molecular formula is C16H14N4O4S. The van der Waals surface area contributed by atoms with Gasteiger partial charge in [0.05, 0.1) is 29.8 Å². The molecule has 128 valence electrons. The van der Waals surface area contributed by atoms with Crippen molar-refractivity contribution < 1.29 is 19.0 Å². The van der Waals surface area contributed by atoms with Crippen LogP contribution in [0.5, 0.6) is 11.5 Å². The maximum Gasteiger partial charge on any atom is 0.329 e. The van der Waals surface area contributed by atoms with Gasteiger partial charge in [-0.2, -0.15) is 0 Å². The normalized spacial score (nSPS) is 27.7. The summed E-state index contributed by atoms with van der Waals surface area (Å²) in [5.41, 5.74) is 0.710. The lowest BCUT2D eigenvalue weighted by Gasteiger charge is -2.28. The maximum absolute atomic E-state index is 12.5. The van der Waals surface area contributed by atoms with Crippen LogP contribution in [0.1, 0.15) is 6.42 Å². The highest BCUT2D eigenvalue weighted by molar-refractivity contribution is 7.22. The van der Waals surface area contributed by atoms with Crippen LogP contribution < -0.4 is 19.7 Å². The molecule has 8 nitrogen and oxygen atoms in total. The first-order valence-corrected chi connectivity index (χ1v) is 8.83. The summed E-state index contributed by atoms with van der Waals surface area (Å²) in [7, 11) is 0. The Kier molecular flexibility index (Phi) is 3.23. The van der Waals surface area contributed by atoms with E-state index in [1.54, 1.807) is 4.90 Å². The van der Waals surface area contributed by atoms with Crippen LogP contribution in [0, 0.1) is 6.57 Å². The van der Waals surface area contributed by atoms with E-state index in [1.807, 2.05) is 12.1 Å². The topological polar surface area (TPSA) is 77.3 Å². The van der Waals surface area contributed by atoms with Crippen LogP contribution in [0.15, 0.2) is 12.1 Å². The van der Waals surface area contributed by atoms with Crippen molar-refractivity contribution in [2.75, 3.05) is 24.7 Å². The molecule has 1 aromatic heterocycles. The molecule has 0 unspecified atom stereocenters. The second-order valence-electron chi connectivity index (χ2n) is 6.08. The minimum absolute atomic E-state index is 0.119. The quantitative estimate of drug-likeness (QED) is 0.789. The van der Waals surface area contributed by atoms with Gasteiger partial charge in [0, 0.05) is 0 Å². The van der Waals surface area contributed by atoms with Crippen molar-refractivity contribution in [1.82, 2.24) is 10.3 Å². The van der Waals surface area contributed by atoms with Crippen LogP contribution in [0.4, 0.5) is 9.93 Å². The first kappa shape index (κ1) is 14.7. The van der Waals surface area contributed by atoms with E-state index in [1.165, 1.54) is 11.3 Å². The van der Waals surface area contributed by atoms with E-state index in [9.17, 15) is 4.79 Å².